The van der Waals surface area contributed by atoms with Gasteiger partial charge in [0.05, 0.1) is 12.1 Å². The molecule has 1 aromatic rings. The van der Waals surface area contributed by atoms with E-state index in [0.717, 1.165) is 0 Å². The van der Waals surface area contributed by atoms with E-state index < -0.39 is 30.6 Å². The second-order valence-corrected chi connectivity index (χ2v) is 4.13. The Hall–Kier alpha value is -1.18. The molecule has 0 spiro atoms. The average molecular weight is 238 g/mol. The van der Waals surface area contributed by atoms with Crippen LogP contribution in [-0.4, -0.2) is 30.6 Å². The van der Waals surface area contributed by atoms with Crippen molar-refractivity contribution in [3.8, 4) is 5.75 Å². The van der Waals surface area contributed by atoms with E-state index in [1.165, 1.54) is 0 Å². The van der Waals surface area contributed by atoms with Crippen LogP contribution in [0.15, 0.2) is 30.3 Å². The molecule has 6 heteroatoms. The van der Waals surface area contributed by atoms with E-state index in [2.05, 4.69) is 0 Å². The molecule has 0 bridgehead atoms. The Labute approximate surface area is 99.8 Å². The van der Waals surface area contributed by atoms with Crippen molar-refractivity contribution in [2.24, 2.45) is 22.9 Å². The largest absolute Gasteiger partial charge is 0.463 e. The molecule has 5 unspecified atom stereocenters. The molecule has 0 saturated carbocycles. The summed E-state index contributed by atoms with van der Waals surface area (Å²) in [6.07, 6.45) is -1.35. The maximum absolute atomic E-state index is 5.91. The van der Waals surface area contributed by atoms with Crippen molar-refractivity contribution in [1.29, 1.82) is 0 Å². The molecule has 17 heavy (non-hydrogen) atoms. The van der Waals surface area contributed by atoms with Crippen LogP contribution in [0, 0.1) is 0 Å². The fourth-order valence-electron chi connectivity index (χ4n) is 1.73. The predicted molar refractivity (Wildman–Crippen MR) is 63.8 cm³/mol. The van der Waals surface area contributed by atoms with E-state index in [9.17, 15) is 0 Å². The second-order valence-electron chi connectivity index (χ2n) is 4.13. The van der Waals surface area contributed by atoms with Gasteiger partial charge in [-0.15, -0.1) is 0 Å². The smallest absolute Gasteiger partial charge is 0.218 e. The molecule has 1 heterocycles. The Balaban J connectivity index is 2.06. The Bertz CT molecular complexity index is 362. The lowest BCUT2D eigenvalue weighted by Crippen LogP contribution is -2.70. The zero-order valence-electron chi connectivity index (χ0n) is 9.40. The maximum Gasteiger partial charge on any atom is 0.218 e. The Kier molecular flexibility index (Phi) is 3.60. The molecule has 0 aliphatic carbocycles. The molecular weight excluding hydrogens is 220 g/mol. The summed E-state index contributed by atoms with van der Waals surface area (Å²) in [5.74, 6) is 0.655. The average Bonchev–Trinajstić information content (AvgIpc) is 2.35. The monoisotopic (exact) mass is 238 g/mol. The van der Waals surface area contributed by atoms with Crippen LogP contribution in [0.2, 0.25) is 0 Å². The maximum atomic E-state index is 5.91. The molecule has 5 atom stereocenters. The van der Waals surface area contributed by atoms with Gasteiger partial charge in [0.1, 0.15) is 12.0 Å². The number of benzene rings is 1. The first-order chi connectivity index (χ1) is 8.09. The SMILES string of the molecule is NC1OC(Oc2ccccc2)C(N)C(N)C1N. The zero-order chi connectivity index (χ0) is 12.4. The minimum absolute atomic E-state index is 0.451. The Morgan fingerprint density at radius 3 is 2.18 bits per heavy atom. The normalized spacial score (nSPS) is 37.8. The molecule has 0 aromatic heterocycles. The Morgan fingerprint density at radius 1 is 0.882 bits per heavy atom. The van der Waals surface area contributed by atoms with Gasteiger partial charge in [0, 0.05) is 6.04 Å². The first-order valence-electron chi connectivity index (χ1n) is 5.49. The van der Waals surface area contributed by atoms with Gasteiger partial charge in [0.25, 0.3) is 0 Å². The zero-order valence-corrected chi connectivity index (χ0v) is 9.40. The molecule has 1 aliphatic heterocycles. The van der Waals surface area contributed by atoms with Crippen LogP contribution in [0.3, 0.4) is 0 Å². The summed E-state index contributed by atoms with van der Waals surface area (Å²) in [6.45, 7) is 0. The summed E-state index contributed by atoms with van der Waals surface area (Å²) in [6, 6.07) is 7.77. The summed E-state index contributed by atoms with van der Waals surface area (Å²) in [5, 5.41) is 0. The number of ether oxygens (including phenoxy) is 2. The van der Waals surface area contributed by atoms with Crippen LogP contribution in [-0.2, 0) is 4.74 Å². The van der Waals surface area contributed by atoms with Gasteiger partial charge in [-0.05, 0) is 12.1 Å². The molecular formula is C11H18N4O2. The van der Waals surface area contributed by atoms with Gasteiger partial charge in [-0.2, -0.15) is 0 Å². The van der Waals surface area contributed by atoms with E-state index in [1.54, 1.807) is 0 Å². The van der Waals surface area contributed by atoms with Crippen LogP contribution in [0.5, 0.6) is 5.75 Å². The van der Waals surface area contributed by atoms with Crippen LogP contribution in [0.4, 0.5) is 0 Å². The summed E-state index contributed by atoms with van der Waals surface area (Å²) < 4.78 is 11.0. The molecule has 6 nitrogen and oxygen atoms in total. The first-order valence-corrected chi connectivity index (χ1v) is 5.49. The van der Waals surface area contributed by atoms with Gasteiger partial charge in [0.2, 0.25) is 6.29 Å². The van der Waals surface area contributed by atoms with Gasteiger partial charge in [-0.25, -0.2) is 0 Å². The quantitative estimate of drug-likeness (QED) is 0.507. The lowest BCUT2D eigenvalue weighted by atomic mass is 9.97. The van der Waals surface area contributed by atoms with Crippen LogP contribution < -0.4 is 27.7 Å². The molecule has 1 saturated heterocycles. The molecule has 8 N–H and O–H groups in total. The first kappa shape index (κ1) is 12.3. The highest BCUT2D eigenvalue weighted by atomic mass is 16.7. The molecule has 1 fully saturated rings. The van der Waals surface area contributed by atoms with E-state index >= 15 is 0 Å². The number of rotatable bonds is 2. The third-order valence-corrected chi connectivity index (χ3v) is 2.87. The highest BCUT2D eigenvalue weighted by Gasteiger charge is 2.40. The fraction of sp³-hybridized carbons (Fsp3) is 0.455. The van der Waals surface area contributed by atoms with Gasteiger partial charge in [-0.1, -0.05) is 18.2 Å². The van der Waals surface area contributed by atoms with Crippen molar-refractivity contribution < 1.29 is 9.47 Å². The summed E-state index contributed by atoms with van der Waals surface area (Å²) >= 11 is 0. The van der Waals surface area contributed by atoms with E-state index in [1.807, 2.05) is 30.3 Å². The topological polar surface area (TPSA) is 123 Å². The summed E-state index contributed by atoms with van der Waals surface area (Å²) in [5.41, 5.74) is 23.2. The fourth-order valence-corrected chi connectivity index (χ4v) is 1.73. The molecule has 94 valence electrons. The lowest BCUT2D eigenvalue weighted by molar-refractivity contribution is -0.167. The van der Waals surface area contributed by atoms with Crippen molar-refractivity contribution in [2.75, 3.05) is 0 Å². The van der Waals surface area contributed by atoms with E-state index in [-0.39, 0.29) is 0 Å². The number of para-hydroxylation sites is 1. The molecule has 0 radical (unpaired) electrons. The van der Waals surface area contributed by atoms with Crippen LogP contribution >= 0.6 is 0 Å². The number of hydrogen-bond donors (Lipinski definition) is 4. The number of nitrogens with two attached hydrogens (primary N) is 4. The van der Waals surface area contributed by atoms with Gasteiger partial charge < -0.3 is 32.4 Å². The highest BCUT2D eigenvalue weighted by molar-refractivity contribution is 5.21. The second kappa shape index (κ2) is 4.99. The minimum atomic E-state index is -0.679. The van der Waals surface area contributed by atoms with Crippen LogP contribution in [0.25, 0.3) is 0 Å². The molecule has 0 amide bonds. The third-order valence-electron chi connectivity index (χ3n) is 2.87. The molecule has 1 aliphatic rings. The number of hydrogen-bond acceptors (Lipinski definition) is 6. The van der Waals surface area contributed by atoms with E-state index in [0.29, 0.717) is 5.75 Å². The summed E-state index contributed by atoms with van der Waals surface area (Å²) in [7, 11) is 0. The van der Waals surface area contributed by atoms with Crippen LogP contribution in [0.1, 0.15) is 0 Å². The van der Waals surface area contributed by atoms with Crippen molar-refractivity contribution >= 4 is 0 Å². The van der Waals surface area contributed by atoms with Gasteiger partial charge >= 0.3 is 0 Å². The highest BCUT2D eigenvalue weighted by Crippen LogP contribution is 2.19. The lowest BCUT2D eigenvalue weighted by Gasteiger charge is -2.40. The molecule has 1 aromatic carbocycles. The molecule has 2 rings (SSSR count). The van der Waals surface area contributed by atoms with Gasteiger partial charge in [0.15, 0.2) is 0 Å². The van der Waals surface area contributed by atoms with Crippen molar-refractivity contribution in [3.05, 3.63) is 30.3 Å². The van der Waals surface area contributed by atoms with Crippen molar-refractivity contribution in [2.45, 2.75) is 30.6 Å². The third kappa shape index (κ3) is 2.56. The van der Waals surface area contributed by atoms with Crippen molar-refractivity contribution in [1.82, 2.24) is 0 Å². The van der Waals surface area contributed by atoms with Gasteiger partial charge in [-0.3, -0.25) is 0 Å². The van der Waals surface area contributed by atoms with Crippen molar-refractivity contribution in [3.63, 3.8) is 0 Å². The summed E-state index contributed by atoms with van der Waals surface area (Å²) in [4.78, 5) is 0. The minimum Gasteiger partial charge on any atom is -0.463 e. The predicted octanol–water partition coefficient (Wildman–Crippen LogP) is -1.31. The standard InChI is InChI=1S/C11H18N4O2/c12-7-8(13)10(15)17-11(9(7)14)16-6-4-2-1-3-5-6/h1-5,7-11H,12-15H2. The van der Waals surface area contributed by atoms with E-state index in [4.69, 9.17) is 32.4 Å². The Morgan fingerprint density at radius 2 is 1.53 bits per heavy atom.